The van der Waals surface area contributed by atoms with E-state index in [1.807, 2.05) is 18.9 Å². The Morgan fingerprint density at radius 2 is 1.67 bits per heavy atom. The average Bonchev–Trinajstić information content (AvgIpc) is 2.75. The first-order valence-corrected chi connectivity index (χ1v) is 8.32. The van der Waals surface area contributed by atoms with Crippen LogP contribution in [0.2, 0.25) is 0 Å². The monoisotopic (exact) mass is 318 g/mol. The van der Waals surface area contributed by atoms with Crippen molar-refractivity contribution < 1.29 is 9.53 Å². The van der Waals surface area contributed by atoms with E-state index in [9.17, 15) is 4.79 Å². The number of carbonyl (C=O) groups is 1. The van der Waals surface area contributed by atoms with Crippen LogP contribution in [-0.2, 0) is 9.53 Å². The SMILES string of the molecule is CNC1CCN(C(=O)C(C)OC2CCCCCC2)CC1.Cl. The molecule has 1 saturated heterocycles. The Kier molecular flexibility index (Phi) is 8.60. The molecule has 1 atom stereocenters. The van der Waals surface area contributed by atoms with E-state index in [2.05, 4.69) is 5.32 Å². The lowest BCUT2D eigenvalue weighted by molar-refractivity contribution is -0.147. The summed E-state index contributed by atoms with van der Waals surface area (Å²) in [4.78, 5) is 14.4. The summed E-state index contributed by atoms with van der Waals surface area (Å²) < 4.78 is 6.03. The van der Waals surface area contributed by atoms with E-state index in [1.165, 1.54) is 25.7 Å². The maximum atomic E-state index is 12.4. The second-order valence-corrected chi connectivity index (χ2v) is 6.28. The van der Waals surface area contributed by atoms with E-state index in [-0.39, 0.29) is 24.4 Å². The van der Waals surface area contributed by atoms with Crippen LogP contribution in [0.1, 0.15) is 58.3 Å². The zero-order valence-electron chi connectivity index (χ0n) is 13.5. The first-order valence-electron chi connectivity index (χ1n) is 8.32. The molecule has 0 bridgehead atoms. The average molecular weight is 319 g/mol. The van der Waals surface area contributed by atoms with Gasteiger partial charge in [-0.15, -0.1) is 12.4 Å². The molecule has 0 aromatic carbocycles. The summed E-state index contributed by atoms with van der Waals surface area (Å²) in [6, 6.07) is 0.567. The van der Waals surface area contributed by atoms with E-state index >= 15 is 0 Å². The molecule has 1 N–H and O–H groups in total. The smallest absolute Gasteiger partial charge is 0.251 e. The minimum atomic E-state index is -0.274. The molecule has 2 rings (SSSR count). The Bertz CT molecular complexity index is 299. The predicted octanol–water partition coefficient (Wildman–Crippen LogP) is 2.75. The molecule has 1 heterocycles. The van der Waals surface area contributed by atoms with Crippen molar-refractivity contribution in [1.29, 1.82) is 0 Å². The Labute approximate surface area is 135 Å². The molecule has 0 aromatic rings. The third kappa shape index (κ3) is 5.76. The summed E-state index contributed by atoms with van der Waals surface area (Å²) in [7, 11) is 2.00. The summed E-state index contributed by atoms with van der Waals surface area (Å²) in [6.07, 6.45) is 9.52. The first-order chi connectivity index (χ1) is 9.70. The Morgan fingerprint density at radius 1 is 1.10 bits per heavy atom. The topological polar surface area (TPSA) is 41.6 Å². The molecule has 124 valence electrons. The molecule has 2 fully saturated rings. The fraction of sp³-hybridized carbons (Fsp3) is 0.938. The van der Waals surface area contributed by atoms with Crippen LogP contribution >= 0.6 is 12.4 Å². The third-order valence-electron chi connectivity index (χ3n) is 4.76. The highest BCUT2D eigenvalue weighted by atomic mass is 35.5. The highest BCUT2D eigenvalue weighted by Gasteiger charge is 2.27. The van der Waals surface area contributed by atoms with Crippen molar-refractivity contribution in [3.05, 3.63) is 0 Å². The summed E-state index contributed by atoms with van der Waals surface area (Å²) in [5.41, 5.74) is 0. The van der Waals surface area contributed by atoms with Gasteiger partial charge in [-0.25, -0.2) is 0 Å². The standard InChI is InChI=1S/C16H30N2O2.ClH/c1-13(20-15-7-5-3-4-6-8-15)16(19)18-11-9-14(17-2)10-12-18;/h13-15,17H,3-12H2,1-2H3;1H. The lowest BCUT2D eigenvalue weighted by Gasteiger charge is -2.34. The van der Waals surface area contributed by atoms with Gasteiger partial charge in [0.25, 0.3) is 5.91 Å². The molecule has 1 saturated carbocycles. The zero-order chi connectivity index (χ0) is 14.4. The second-order valence-electron chi connectivity index (χ2n) is 6.28. The van der Waals surface area contributed by atoms with Crippen LogP contribution < -0.4 is 5.32 Å². The van der Waals surface area contributed by atoms with Gasteiger partial charge in [0.2, 0.25) is 0 Å². The molecule has 21 heavy (non-hydrogen) atoms. The normalized spacial score (nSPS) is 23.2. The number of carbonyl (C=O) groups excluding carboxylic acids is 1. The van der Waals surface area contributed by atoms with E-state index in [1.54, 1.807) is 0 Å². The summed E-state index contributed by atoms with van der Waals surface area (Å²) in [5, 5.41) is 3.30. The van der Waals surface area contributed by atoms with Crippen LogP contribution in [-0.4, -0.2) is 49.2 Å². The van der Waals surface area contributed by atoms with Crippen LogP contribution in [0.3, 0.4) is 0 Å². The van der Waals surface area contributed by atoms with Gasteiger partial charge in [0.05, 0.1) is 6.10 Å². The van der Waals surface area contributed by atoms with Gasteiger partial charge >= 0.3 is 0 Å². The molecule has 0 radical (unpaired) electrons. The van der Waals surface area contributed by atoms with Gasteiger partial charge in [-0.2, -0.15) is 0 Å². The van der Waals surface area contributed by atoms with E-state index in [4.69, 9.17) is 4.74 Å². The fourth-order valence-corrected chi connectivity index (χ4v) is 3.37. The molecule has 1 aliphatic carbocycles. The van der Waals surface area contributed by atoms with Crippen LogP contribution in [0.5, 0.6) is 0 Å². The predicted molar refractivity (Wildman–Crippen MR) is 87.9 cm³/mol. The number of nitrogens with one attached hydrogen (secondary N) is 1. The number of nitrogens with zero attached hydrogens (tertiary/aromatic N) is 1. The number of ether oxygens (including phenoxy) is 1. The van der Waals surface area contributed by atoms with Gasteiger partial charge in [0.15, 0.2) is 0 Å². The minimum absolute atomic E-state index is 0. The molecule has 5 heteroatoms. The highest BCUT2D eigenvalue weighted by molar-refractivity contribution is 5.85. The lowest BCUT2D eigenvalue weighted by Crippen LogP contribution is -2.47. The third-order valence-corrected chi connectivity index (χ3v) is 4.76. The number of hydrogen-bond acceptors (Lipinski definition) is 3. The summed E-state index contributed by atoms with van der Waals surface area (Å²) >= 11 is 0. The fourth-order valence-electron chi connectivity index (χ4n) is 3.37. The highest BCUT2D eigenvalue weighted by Crippen LogP contribution is 2.22. The van der Waals surface area contributed by atoms with E-state index < -0.39 is 0 Å². The maximum absolute atomic E-state index is 12.4. The molecule has 1 aliphatic heterocycles. The van der Waals surface area contributed by atoms with Crippen molar-refractivity contribution >= 4 is 18.3 Å². The molecule has 2 aliphatic rings. The summed E-state index contributed by atoms with van der Waals surface area (Å²) in [5.74, 6) is 0.184. The quantitative estimate of drug-likeness (QED) is 0.810. The lowest BCUT2D eigenvalue weighted by atomic mass is 10.0. The van der Waals surface area contributed by atoms with Crippen molar-refractivity contribution in [1.82, 2.24) is 10.2 Å². The number of hydrogen-bond donors (Lipinski definition) is 1. The summed E-state index contributed by atoms with van der Waals surface area (Å²) in [6.45, 7) is 3.66. The number of likely N-dealkylation sites (tertiary alicyclic amines) is 1. The van der Waals surface area contributed by atoms with Gasteiger partial charge in [-0.1, -0.05) is 25.7 Å². The van der Waals surface area contributed by atoms with Crippen molar-refractivity contribution in [3.8, 4) is 0 Å². The van der Waals surface area contributed by atoms with Gasteiger partial charge in [0, 0.05) is 19.1 Å². The zero-order valence-corrected chi connectivity index (χ0v) is 14.3. The van der Waals surface area contributed by atoms with Crippen molar-refractivity contribution in [3.63, 3.8) is 0 Å². The number of halogens is 1. The Hall–Kier alpha value is -0.320. The molecule has 4 nitrogen and oxygen atoms in total. The Balaban J connectivity index is 0.00000220. The Morgan fingerprint density at radius 3 is 2.19 bits per heavy atom. The van der Waals surface area contributed by atoms with E-state index in [0.29, 0.717) is 12.1 Å². The minimum Gasteiger partial charge on any atom is -0.365 e. The molecule has 0 aromatic heterocycles. The van der Waals surface area contributed by atoms with Gasteiger partial charge in [0.1, 0.15) is 6.10 Å². The van der Waals surface area contributed by atoms with Gasteiger partial charge < -0.3 is 15.0 Å². The second kappa shape index (κ2) is 9.65. The molecular formula is C16H31ClN2O2. The molecule has 0 spiro atoms. The van der Waals surface area contributed by atoms with Crippen LogP contribution in [0, 0.1) is 0 Å². The van der Waals surface area contributed by atoms with Crippen LogP contribution in [0.4, 0.5) is 0 Å². The molecule has 1 unspecified atom stereocenters. The number of amides is 1. The van der Waals surface area contributed by atoms with Crippen molar-refractivity contribution in [2.24, 2.45) is 0 Å². The maximum Gasteiger partial charge on any atom is 0.251 e. The largest absolute Gasteiger partial charge is 0.365 e. The van der Waals surface area contributed by atoms with E-state index in [0.717, 1.165) is 38.8 Å². The first kappa shape index (κ1) is 18.7. The number of rotatable bonds is 4. The van der Waals surface area contributed by atoms with Crippen LogP contribution in [0.15, 0.2) is 0 Å². The number of piperidine rings is 1. The van der Waals surface area contributed by atoms with Crippen molar-refractivity contribution in [2.75, 3.05) is 20.1 Å². The van der Waals surface area contributed by atoms with Gasteiger partial charge in [-0.3, -0.25) is 4.79 Å². The van der Waals surface area contributed by atoms with Gasteiger partial charge in [-0.05, 0) is 39.7 Å². The van der Waals surface area contributed by atoms with Crippen molar-refractivity contribution in [2.45, 2.75) is 76.5 Å². The van der Waals surface area contributed by atoms with Crippen LogP contribution in [0.25, 0.3) is 0 Å². The molecular weight excluding hydrogens is 288 g/mol. The molecule has 1 amide bonds.